The Hall–Kier alpha value is -0.850. The molecule has 0 radical (unpaired) electrons. The summed E-state index contributed by atoms with van der Waals surface area (Å²) in [5.74, 6) is 1.11. The third kappa shape index (κ3) is 13.4. The van der Waals surface area contributed by atoms with Crippen LogP contribution in [0.1, 0.15) is 79.6 Å². The van der Waals surface area contributed by atoms with Gasteiger partial charge < -0.3 is 4.79 Å². The first-order valence-electron chi connectivity index (χ1n) is 7.70. The molecule has 0 saturated heterocycles. The summed E-state index contributed by atoms with van der Waals surface area (Å²) in [6, 6.07) is 0. The summed E-state index contributed by atoms with van der Waals surface area (Å²) in [5, 5.41) is 0. The highest BCUT2D eigenvalue weighted by Gasteiger charge is 2.01. The van der Waals surface area contributed by atoms with Crippen molar-refractivity contribution in [1.82, 2.24) is 0 Å². The van der Waals surface area contributed by atoms with Crippen molar-refractivity contribution in [3.05, 3.63) is 23.3 Å². The molecule has 1 atom stereocenters. The minimum atomic E-state index is 0.289. The second-order valence-electron chi connectivity index (χ2n) is 6.15. The number of hydrogen-bond acceptors (Lipinski definition) is 1. The van der Waals surface area contributed by atoms with Gasteiger partial charge in [0.25, 0.3) is 0 Å². The van der Waals surface area contributed by atoms with Gasteiger partial charge in [-0.25, -0.2) is 0 Å². The fourth-order valence-corrected chi connectivity index (χ4v) is 2.15. The van der Waals surface area contributed by atoms with Gasteiger partial charge in [-0.15, -0.1) is 0 Å². The van der Waals surface area contributed by atoms with Crippen LogP contribution in [0.4, 0.5) is 0 Å². The molecule has 0 aromatic rings. The van der Waals surface area contributed by atoms with Gasteiger partial charge in [-0.1, -0.05) is 36.6 Å². The number of rotatable bonds is 10. The summed E-state index contributed by atoms with van der Waals surface area (Å²) in [7, 11) is 0. The van der Waals surface area contributed by atoms with E-state index < -0.39 is 0 Å². The highest BCUT2D eigenvalue weighted by molar-refractivity contribution is 5.75. The first-order chi connectivity index (χ1) is 8.91. The Balaban J connectivity index is 3.65. The van der Waals surface area contributed by atoms with Crippen molar-refractivity contribution in [2.45, 2.75) is 79.6 Å². The molecule has 110 valence electrons. The summed E-state index contributed by atoms with van der Waals surface area (Å²) < 4.78 is 0. The van der Waals surface area contributed by atoms with Crippen molar-refractivity contribution in [2.24, 2.45) is 5.92 Å². The second kappa shape index (κ2) is 11.0. The van der Waals surface area contributed by atoms with E-state index >= 15 is 0 Å². The Kier molecular flexibility index (Phi) is 10.5. The van der Waals surface area contributed by atoms with Gasteiger partial charge in [-0.3, -0.25) is 0 Å². The van der Waals surface area contributed by atoms with Crippen molar-refractivity contribution in [3.8, 4) is 0 Å². The molecule has 0 fully saturated rings. The maximum atomic E-state index is 10.8. The first-order valence-corrected chi connectivity index (χ1v) is 7.70. The molecule has 0 aromatic carbocycles. The van der Waals surface area contributed by atoms with Gasteiger partial charge in [0, 0.05) is 6.42 Å². The molecule has 0 heterocycles. The first kappa shape index (κ1) is 18.1. The lowest BCUT2D eigenvalue weighted by Crippen LogP contribution is -1.94. The molecule has 0 aliphatic carbocycles. The summed E-state index contributed by atoms with van der Waals surface area (Å²) in [4.78, 5) is 10.8. The zero-order chi connectivity index (χ0) is 14.7. The number of hydrogen-bond donors (Lipinski definition) is 0. The summed E-state index contributed by atoms with van der Waals surface area (Å²) in [5.41, 5.74) is 2.87. The number of ketones is 1. The molecule has 1 heteroatoms. The molecule has 19 heavy (non-hydrogen) atoms. The molecule has 1 nitrogen and oxygen atoms in total. The van der Waals surface area contributed by atoms with Crippen LogP contribution in [0.3, 0.4) is 0 Å². The number of Topliss-reactive ketones (excluding diaryl/α,β-unsaturated/α-hetero) is 1. The smallest absolute Gasteiger partial charge is 0.130 e. The molecule has 0 spiro atoms. The maximum absolute atomic E-state index is 10.8. The van der Waals surface area contributed by atoms with Crippen molar-refractivity contribution < 1.29 is 4.79 Å². The molecule has 0 rings (SSSR count). The maximum Gasteiger partial charge on any atom is 0.130 e. The fourth-order valence-electron chi connectivity index (χ4n) is 2.15. The normalized spacial score (nSPS) is 13.2. The molecule has 0 aromatic heterocycles. The van der Waals surface area contributed by atoms with Crippen LogP contribution in [0.5, 0.6) is 0 Å². The van der Waals surface area contributed by atoms with Gasteiger partial charge in [-0.05, 0) is 65.7 Å². The van der Waals surface area contributed by atoms with E-state index in [1.54, 1.807) is 6.92 Å². The lowest BCUT2D eigenvalue weighted by Gasteiger charge is -2.10. The molecule has 0 aliphatic rings. The third-order valence-corrected chi connectivity index (χ3v) is 3.47. The van der Waals surface area contributed by atoms with Gasteiger partial charge >= 0.3 is 0 Å². The van der Waals surface area contributed by atoms with Crippen molar-refractivity contribution >= 4 is 5.78 Å². The summed E-state index contributed by atoms with van der Waals surface area (Å²) in [6.07, 6.45) is 12.5. The standard InChI is InChI=1S/C18H32O/c1-15(2)9-6-10-16(3)11-7-12-17(4)13-8-14-18(5)19/h9,13,16H,6-8,10-12,14H2,1-5H3/b17-13+. The lowest BCUT2D eigenvalue weighted by atomic mass is 9.96. The molecular weight excluding hydrogens is 232 g/mol. The van der Waals surface area contributed by atoms with Crippen LogP contribution in [-0.4, -0.2) is 5.78 Å². The SMILES string of the molecule is CC(=O)CC/C=C(\C)CCCC(C)CCC=C(C)C. The molecule has 0 N–H and O–H groups in total. The topological polar surface area (TPSA) is 17.1 Å². The second-order valence-corrected chi connectivity index (χ2v) is 6.15. The van der Waals surface area contributed by atoms with Crippen molar-refractivity contribution in [1.29, 1.82) is 0 Å². The average molecular weight is 264 g/mol. The van der Waals surface area contributed by atoms with E-state index in [1.165, 1.54) is 43.3 Å². The Morgan fingerprint density at radius 1 is 0.947 bits per heavy atom. The van der Waals surface area contributed by atoms with Crippen LogP contribution in [-0.2, 0) is 4.79 Å². The van der Waals surface area contributed by atoms with Crippen LogP contribution in [0.15, 0.2) is 23.3 Å². The highest BCUT2D eigenvalue weighted by atomic mass is 16.1. The van der Waals surface area contributed by atoms with Crippen LogP contribution < -0.4 is 0 Å². The average Bonchev–Trinajstić information content (AvgIpc) is 2.27. The van der Waals surface area contributed by atoms with Crippen LogP contribution >= 0.6 is 0 Å². The zero-order valence-electron chi connectivity index (χ0n) is 13.6. The van der Waals surface area contributed by atoms with E-state index in [9.17, 15) is 4.79 Å². The monoisotopic (exact) mass is 264 g/mol. The van der Waals surface area contributed by atoms with E-state index in [1.807, 2.05) is 0 Å². The van der Waals surface area contributed by atoms with Crippen LogP contribution in [0.2, 0.25) is 0 Å². The number of allylic oxidation sites excluding steroid dienone is 4. The Morgan fingerprint density at radius 3 is 2.21 bits per heavy atom. The van der Waals surface area contributed by atoms with Gasteiger partial charge in [0.05, 0.1) is 0 Å². The van der Waals surface area contributed by atoms with E-state index in [4.69, 9.17) is 0 Å². The Labute approximate surface area is 120 Å². The van der Waals surface area contributed by atoms with E-state index in [-0.39, 0.29) is 5.78 Å². The molecule has 1 unspecified atom stereocenters. The Morgan fingerprint density at radius 2 is 1.63 bits per heavy atom. The minimum absolute atomic E-state index is 0.289. The molecule has 0 amide bonds. The third-order valence-electron chi connectivity index (χ3n) is 3.47. The number of carbonyl (C=O) groups is 1. The number of carbonyl (C=O) groups excluding carboxylic acids is 1. The highest BCUT2D eigenvalue weighted by Crippen LogP contribution is 2.17. The quantitative estimate of drug-likeness (QED) is 0.452. The predicted octanol–water partition coefficient (Wildman–Crippen LogP) is 5.85. The van der Waals surface area contributed by atoms with E-state index in [2.05, 4.69) is 39.8 Å². The molecule has 0 bridgehead atoms. The summed E-state index contributed by atoms with van der Waals surface area (Å²) >= 11 is 0. The lowest BCUT2D eigenvalue weighted by molar-refractivity contribution is -0.116. The predicted molar refractivity (Wildman–Crippen MR) is 85.4 cm³/mol. The largest absolute Gasteiger partial charge is 0.300 e. The Bertz CT molecular complexity index is 306. The van der Waals surface area contributed by atoms with Gasteiger partial charge in [0.15, 0.2) is 0 Å². The van der Waals surface area contributed by atoms with Gasteiger partial charge in [0.1, 0.15) is 5.78 Å². The van der Waals surface area contributed by atoms with E-state index in [0.717, 1.165) is 12.3 Å². The van der Waals surface area contributed by atoms with Gasteiger partial charge in [0.2, 0.25) is 0 Å². The molecule has 0 saturated carbocycles. The van der Waals surface area contributed by atoms with Crippen molar-refractivity contribution in [2.75, 3.05) is 0 Å². The summed E-state index contributed by atoms with van der Waals surface area (Å²) in [6.45, 7) is 10.5. The fraction of sp³-hybridized carbons (Fsp3) is 0.722. The molecule has 0 aliphatic heterocycles. The van der Waals surface area contributed by atoms with E-state index in [0.29, 0.717) is 6.42 Å². The van der Waals surface area contributed by atoms with Crippen molar-refractivity contribution in [3.63, 3.8) is 0 Å². The van der Waals surface area contributed by atoms with Crippen LogP contribution in [0, 0.1) is 5.92 Å². The van der Waals surface area contributed by atoms with Gasteiger partial charge in [-0.2, -0.15) is 0 Å². The molecular formula is C18H32O. The van der Waals surface area contributed by atoms with Crippen LogP contribution in [0.25, 0.3) is 0 Å². The zero-order valence-corrected chi connectivity index (χ0v) is 13.6. The minimum Gasteiger partial charge on any atom is -0.300 e.